The fourth-order valence-corrected chi connectivity index (χ4v) is 1.34. The predicted molar refractivity (Wildman–Crippen MR) is 69.8 cm³/mol. The molecule has 0 aliphatic carbocycles. The molecule has 0 bridgehead atoms. The first kappa shape index (κ1) is 14.0. The molecule has 15 heavy (non-hydrogen) atoms. The van der Waals surface area contributed by atoms with Crippen molar-refractivity contribution in [1.82, 2.24) is 4.90 Å². The van der Waals surface area contributed by atoms with E-state index in [-0.39, 0.29) is 0 Å². The van der Waals surface area contributed by atoms with E-state index < -0.39 is 0 Å². The van der Waals surface area contributed by atoms with Crippen LogP contribution in [0.3, 0.4) is 0 Å². The number of hydrogen-bond donors (Lipinski definition) is 0. The SMILES string of the molecule is C=C(C(C)C)N(C)C/C=C\C(C)=C/CC. The molecule has 0 atom stereocenters. The second-order valence-electron chi connectivity index (χ2n) is 4.29. The molecule has 1 nitrogen and oxygen atoms in total. The Balaban J connectivity index is 4.05. The summed E-state index contributed by atoms with van der Waals surface area (Å²) < 4.78 is 0. The first-order chi connectivity index (χ1) is 6.99. The zero-order valence-corrected chi connectivity index (χ0v) is 10.9. The molecule has 0 unspecified atom stereocenters. The molecule has 0 heterocycles. The van der Waals surface area contributed by atoms with E-state index in [1.807, 2.05) is 0 Å². The maximum Gasteiger partial charge on any atom is 0.0356 e. The molecule has 0 aromatic carbocycles. The van der Waals surface area contributed by atoms with Gasteiger partial charge in [-0.15, -0.1) is 0 Å². The lowest BCUT2D eigenvalue weighted by atomic mass is 10.1. The third-order valence-corrected chi connectivity index (χ3v) is 2.44. The Morgan fingerprint density at radius 1 is 1.40 bits per heavy atom. The highest BCUT2D eigenvalue weighted by Crippen LogP contribution is 2.10. The lowest BCUT2D eigenvalue weighted by Gasteiger charge is -2.22. The molecular weight excluding hydrogens is 182 g/mol. The Hall–Kier alpha value is -0.980. The fraction of sp³-hybridized carbons (Fsp3) is 0.571. The highest BCUT2D eigenvalue weighted by Gasteiger charge is 2.03. The van der Waals surface area contributed by atoms with Crippen LogP contribution in [0.25, 0.3) is 0 Å². The quantitative estimate of drug-likeness (QED) is 0.595. The first-order valence-corrected chi connectivity index (χ1v) is 5.72. The van der Waals surface area contributed by atoms with Crippen LogP contribution in [0.2, 0.25) is 0 Å². The number of likely N-dealkylation sites (N-methyl/N-ethyl adjacent to an activating group) is 1. The minimum Gasteiger partial charge on any atom is -0.374 e. The van der Waals surface area contributed by atoms with E-state index >= 15 is 0 Å². The van der Waals surface area contributed by atoms with Crippen LogP contribution in [0.1, 0.15) is 34.1 Å². The lowest BCUT2D eigenvalue weighted by molar-refractivity contribution is 0.413. The molecule has 0 aromatic rings. The zero-order valence-electron chi connectivity index (χ0n) is 10.9. The monoisotopic (exact) mass is 207 g/mol. The molecule has 0 amide bonds. The topological polar surface area (TPSA) is 3.24 Å². The van der Waals surface area contributed by atoms with Gasteiger partial charge >= 0.3 is 0 Å². The Kier molecular flexibility index (Phi) is 6.85. The number of nitrogens with zero attached hydrogens (tertiary/aromatic N) is 1. The van der Waals surface area contributed by atoms with Crippen LogP contribution in [0.4, 0.5) is 0 Å². The van der Waals surface area contributed by atoms with Gasteiger partial charge in [0.1, 0.15) is 0 Å². The molecule has 0 aromatic heterocycles. The van der Waals surface area contributed by atoms with Gasteiger partial charge in [-0.1, -0.05) is 51.2 Å². The third-order valence-electron chi connectivity index (χ3n) is 2.44. The fourth-order valence-electron chi connectivity index (χ4n) is 1.34. The first-order valence-electron chi connectivity index (χ1n) is 5.72. The molecule has 0 spiro atoms. The van der Waals surface area contributed by atoms with E-state index in [1.165, 1.54) is 11.3 Å². The summed E-state index contributed by atoms with van der Waals surface area (Å²) in [5.41, 5.74) is 2.53. The van der Waals surface area contributed by atoms with Crippen molar-refractivity contribution < 1.29 is 0 Å². The average Bonchev–Trinajstić information content (AvgIpc) is 2.16. The molecule has 0 saturated carbocycles. The largest absolute Gasteiger partial charge is 0.374 e. The second-order valence-corrected chi connectivity index (χ2v) is 4.29. The van der Waals surface area contributed by atoms with Gasteiger partial charge in [-0.3, -0.25) is 0 Å². The van der Waals surface area contributed by atoms with Crippen LogP contribution in [0.15, 0.2) is 36.1 Å². The van der Waals surface area contributed by atoms with E-state index in [1.54, 1.807) is 0 Å². The van der Waals surface area contributed by atoms with Gasteiger partial charge < -0.3 is 4.90 Å². The average molecular weight is 207 g/mol. The summed E-state index contributed by atoms with van der Waals surface area (Å²) in [5, 5.41) is 0. The molecule has 0 saturated heterocycles. The van der Waals surface area contributed by atoms with Gasteiger partial charge in [-0.05, 0) is 19.3 Å². The second kappa shape index (κ2) is 7.33. The molecule has 0 radical (unpaired) electrons. The molecule has 0 N–H and O–H groups in total. The van der Waals surface area contributed by atoms with Gasteiger partial charge in [0.2, 0.25) is 0 Å². The van der Waals surface area contributed by atoms with Gasteiger partial charge in [0.05, 0.1) is 0 Å². The van der Waals surface area contributed by atoms with E-state index in [2.05, 4.69) is 64.4 Å². The van der Waals surface area contributed by atoms with Crippen LogP contribution >= 0.6 is 0 Å². The maximum atomic E-state index is 4.07. The molecule has 0 fully saturated rings. The number of hydrogen-bond acceptors (Lipinski definition) is 1. The van der Waals surface area contributed by atoms with Crippen molar-refractivity contribution in [2.45, 2.75) is 34.1 Å². The zero-order chi connectivity index (χ0) is 11.8. The highest BCUT2D eigenvalue weighted by molar-refractivity contribution is 5.16. The number of rotatable bonds is 6. The molecular formula is C14H25N. The van der Waals surface area contributed by atoms with E-state index in [9.17, 15) is 0 Å². The Morgan fingerprint density at radius 2 is 2.00 bits per heavy atom. The molecule has 1 heteroatoms. The molecule has 0 aliphatic rings. The van der Waals surface area contributed by atoms with Crippen LogP contribution < -0.4 is 0 Å². The van der Waals surface area contributed by atoms with Crippen LogP contribution in [-0.2, 0) is 0 Å². The van der Waals surface area contributed by atoms with Crippen molar-refractivity contribution >= 4 is 0 Å². The Labute approximate surface area is 95.2 Å². The smallest absolute Gasteiger partial charge is 0.0356 e. The van der Waals surface area contributed by atoms with Crippen molar-refractivity contribution in [2.75, 3.05) is 13.6 Å². The Morgan fingerprint density at radius 3 is 2.47 bits per heavy atom. The summed E-state index contributed by atoms with van der Waals surface area (Å²) in [6, 6.07) is 0. The summed E-state index contributed by atoms with van der Waals surface area (Å²) >= 11 is 0. The summed E-state index contributed by atoms with van der Waals surface area (Å²) in [5.74, 6) is 0.524. The normalized spacial score (nSPS) is 12.5. The number of allylic oxidation sites excluding steroid dienone is 4. The molecule has 0 rings (SSSR count). The van der Waals surface area contributed by atoms with Crippen molar-refractivity contribution in [3.05, 3.63) is 36.1 Å². The van der Waals surface area contributed by atoms with Gasteiger partial charge in [-0.25, -0.2) is 0 Å². The molecule has 86 valence electrons. The Bertz CT molecular complexity index is 246. The van der Waals surface area contributed by atoms with Gasteiger partial charge in [0, 0.05) is 19.3 Å². The summed E-state index contributed by atoms with van der Waals surface area (Å²) in [4.78, 5) is 2.19. The van der Waals surface area contributed by atoms with Crippen molar-refractivity contribution in [1.29, 1.82) is 0 Å². The van der Waals surface area contributed by atoms with Gasteiger partial charge in [0.15, 0.2) is 0 Å². The van der Waals surface area contributed by atoms with Crippen LogP contribution in [-0.4, -0.2) is 18.5 Å². The van der Waals surface area contributed by atoms with Crippen LogP contribution in [0.5, 0.6) is 0 Å². The standard InChI is InChI=1S/C14H25N/c1-7-9-13(4)10-8-11-15(6)14(5)12(2)3/h8-10,12H,5,7,11H2,1-4,6H3/b10-8-,13-9-. The van der Waals surface area contributed by atoms with Gasteiger partial charge in [-0.2, -0.15) is 0 Å². The minimum atomic E-state index is 0.524. The third kappa shape index (κ3) is 6.16. The van der Waals surface area contributed by atoms with E-state index in [0.29, 0.717) is 5.92 Å². The van der Waals surface area contributed by atoms with Crippen LogP contribution in [0, 0.1) is 5.92 Å². The van der Waals surface area contributed by atoms with Crippen molar-refractivity contribution in [3.63, 3.8) is 0 Å². The summed E-state index contributed by atoms with van der Waals surface area (Å²) in [6.07, 6.45) is 7.70. The van der Waals surface area contributed by atoms with E-state index in [4.69, 9.17) is 0 Å². The minimum absolute atomic E-state index is 0.524. The van der Waals surface area contributed by atoms with E-state index in [0.717, 1.165) is 13.0 Å². The lowest BCUT2D eigenvalue weighted by Crippen LogP contribution is -2.20. The predicted octanol–water partition coefficient (Wildman–Crippen LogP) is 4.00. The van der Waals surface area contributed by atoms with Gasteiger partial charge in [0.25, 0.3) is 0 Å². The van der Waals surface area contributed by atoms with Crippen molar-refractivity contribution in [2.24, 2.45) is 5.92 Å². The summed E-state index contributed by atoms with van der Waals surface area (Å²) in [7, 11) is 2.09. The molecule has 0 aliphatic heterocycles. The van der Waals surface area contributed by atoms with Crippen molar-refractivity contribution in [3.8, 4) is 0 Å². The summed E-state index contributed by atoms with van der Waals surface area (Å²) in [6.45, 7) is 13.6. The highest BCUT2D eigenvalue weighted by atomic mass is 15.1. The maximum absolute atomic E-state index is 4.07.